The molecule has 0 saturated carbocycles. The number of amides is 1. The third kappa shape index (κ3) is 4.13. The van der Waals surface area contributed by atoms with Gasteiger partial charge in [-0.2, -0.15) is 4.31 Å². The molecule has 1 aliphatic rings. The molecular weight excluding hydrogens is 440 g/mol. The van der Waals surface area contributed by atoms with Gasteiger partial charge in [0.05, 0.1) is 30.8 Å². The number of carbonyl (C=O) groups excluding carboxylic acids is 1. The molecule has 0 radical (unpaired) electrons. The second kappa shape index (κ2) is 8.62. The van der Waals surface area contributed by atoms with Crippen LogP contribution in [0.4, 0.5) is 5.69 Å². The van der Waals surface area contributed by atoms with E-state index >= 15 is 0 Å². The molecule has 1 amide bonds. The van der Waals surface area contributed by atoms with E-state index in [2.05, 4.69) is 5.32 Å². The standard InChI is InChI=1S/C25H24N2O5S/c1-17-6-8-20(15-23(17)33(29,30)27-10-12-31-13-11-27)26-24(28)14-19-16-32-22-9-7-18-4-2-3-5-21(18)25(19)22/h2-9,15-16H,10-14H2,1H3,(H,26,28). The maximum atomic E-state index is 13.1. The van der Waals surface area contributed by atoms with Crippen LogP contribution in [0.5, 0.6) is 0 Å². The lowest BCUT2D eigenvalue weighted by Gasteiger charge is -2.26. The summed E-state index contributed by atoms with van der Waals surface area (Å²) in [4.78, 5) is 13.1. The lowest BCUT2D eigenvalue weighted by molar-refractivity contribution is -0.115. The van der Waals surface area contributed by atoms with E-state index < -0.39 is 10.0 Å². The van der Waals surface area contributed by atoms with Gasteiger partial charge in [0.15, 0.2) is 0 Å². The fourth-order valence-corrected chi connectivity index (χ4v) is 5.92. The lowest BCUT2D eigenvalue weighted by Crippen LogP contribution is -2.40. The third-order valence-corrected chi connectivity index (χ3v) is 7.99. The predicted octanol–water partition coefficient (Wildman–Crippen LogP) is 4.10. The van der Waals surface area contributed by atoms with E-state index in [1.807, 2.05) is 36.4 Å². The van der Waals surface area contributed by atoms with Crippen molar-refractivity contribution in [2.24, 2.45) is 0 Å². The Bertz CT molecular complexity index is 1450. The second-order valence-electron chi connectivity index (χ2n) is 8.14. The first-order valence-corrected chi connectivity index (χ1v) is 12.2. The number of furan rings is 1. The van der Waals surface area contributed by atoms with Crippen LogP contribution in [0.15, 0.2) is 70.2 Å². The van der Waals surface area contributed by atoms with Crippen LogP contribution in [0, 0.1) is 6.92 Å². The summed E-state index contributed by atoms with van der Waals surface area (Å²) in [5.74, 6) is -0.246. The monoisotopic (exact) mass is 464 g/mol. The normalized spacial score (nSPS) is 15.2. The molecule has 4 aromatic rings. The average Bonchev–Trinajstić information content (AvgIpc) is 3.24. The number of aryl methyl sites for hydroxylation is 1. The van der Waals surface area contributed by atoms with Gasteiger partial charge in [0.2, 0.25) is 15.9 Å². The first-order chi connectivity index (χ1) is 15.9. The van der Waals surface area contributed by atoms with Gasteiger partial charge in [0, 0.05) is 29.7 Å². The zero-order valence-corrected chi connectivity index (χ0v) is 19.0. The van der Waals surface area contributed by atoms with Crippen molar-refractivity contribution in [1.29, 1.82) is 0 Å². The van der Waals surface area contributed by atoms with Crippen LogP contribution in [0.25, 0.3) is 21.7 Å². The third-order valence-electron chi connectivity index (χ3n) is 5.95. The largest absolute Gasteiger partial charge is 0.464 e. The summed E-state index contributed by atoms with van der Waals surface area (Å²) in [7, 11) is -3.67. The molecule has 8 heteroatoms. The summed E-state index contributed by atoms with van der Waals surface area (Å²) in [5, 5.41) is 5.87. The van der Waals surface area contributed by atoms with E-state index in [-0.39, 0.29) is 17.2 Å². The van der Waals surface area contributed by atoms with Crippen LogP contribution in [0.2, 0.25) is 0 Å². The highest BCUT2D eigenvalue weighted by molar-refractivity contribution is 7.89. The van der Waals surface area contributed by atoms with Gasteiger partial charge in [0.25, 0.3) is 0 Å². The van der Waals surface area contributed by atoms with E-state index in [1.54, 1.807) is 25.3 Å². The van der Waals surface area contributed by atoms with Crippen LogP contribution in [0.3, 0.4) is 0 Å². The topological polar surface area (TPSA) is 88.8 Å². The van der Waals surface area contributed by atoms with Crippen molar-refractivity contribution in [3.05, 3.63) is 72.0 Å². The van der Waals surface area contributed by atoms with Crippen LogP contribution < -0.4 is 5.32 Å². The summed E-state index contributed by atoms with van der Waals surface area (Å²) < 4.78 is 38.6. The number of benzene rings is 3. The number of hydrogen-bond acceptors (Lipinski definition) is 5. The van der Waals surface area contributed by atoms with E-state index in [4.69, 9.17) is 9.15 Å². The molecule has 1 aliphatic heterocycles. The Morgan fingerprint density at radius 3 is 2.67 bits per heavy atom. The summed E-state index contributed by atoms with van der Waals surface area (Å²) in [6.07, 6.45) is 1.72. The lowest BCUT2D eigenvalue weighted by atomic mass is 10.0. The quantitative estimate of drug-likeness (QED) is 0.480. The van der Waals surface area contributed by atoms with E-state index in [0.29, 0.717) is 37.6 Å². The minimum Gasteiger partial charge on any atom is -0.464 e. The molecule has 0 bridgehead atoms. The second-order valence-corrected chi connectivity index (χ2v) is 10.0. The summed E-state index contributed by atoms with van der Waals surface area (Å²) in [6.45, 7) is 3.14. The number of anilines is 1. The molecule has 170 valence electrons. The van der Waals surface area contributed by atoms with Gasteiger partial charge in [-0.3, -0.25) is 4.79 Å². The molecule has 7 nitrogen and oxygen atoms in total. The molecule has 1 saturated heterocycles. The Hall–Kier alpha value is -3.20. The number of carbonyl (C=O) groups is 1. The molecule has 0 spiro atoms. The number of nitrogens with zero attached hydrogens (tertiary/aromatic N) is 1. The smallest absolute Gasteiger partial charge is 0.243 e. The van der Waals surface area contributed by atoms with Crippen molar-refractivity contribution in [2.75, 3.05) is 31.6 Å². The first-order valence-electron chi connectivity index (χ1n) is 10.8. The van der Waals surface area contributed by atoms with Gasteiger partial charge in [-0.1, -0.05) is 36.4 Å². The van der Waals surface area contributed by atoms with E-state index in [9.17, 15) is 13.2 Å². The SMILES string of the molecule is Cc1ccc(NC(=O)Cc2coc3ccc4ccccc4c23)cc1S(=O)(=O)N1CCOCC1. The van der Waals surface area contributed by atoms with Gasteiger partial charge in [-0.05, 0) is 41.5 Å². The Labute approximate surface area is 192 Å². The van der Waals surface area contributed by atoms with Gasteiger partial charge < -0.3 is 14.5 Å². The molecule has 2 heterocycles. The number of fused-ring (bicyclic) bond motifs is 3. The van der Waals surface area contributed by atoms with E-state index in [1.165, 1.54) is 10.4 Å². The summed E-state index contributed by atoms with van der Waals surface area (Å²) in [5.41, 5.74) is 2.58. The molecule has 5 rings (SSSR count). The van der Waals surface area contributed by atoms with Crippen molar-refractivity contribution >= 4 is 43.4 Å². The summed E-state index contributed by atoms with van der Waals surface area (Å²) >= 11 is 0. The van der Waals surface area contributed by atoms with Crippen molar-refractivity contribution in [1.82, 2.24) is 4.31 Å². The number of ether oxygens (including phenoxy) is 1. The van der Waals surface area contributed by atoms with Crippen LogP contribution in [-0.4, -0.2) is 44.9 Å². The minimum absolute atomic E-state index is 0.112. The molecule has 0 aliphatic carbocycles. The van der Waals surface area contributed by atoms with Crippen molar-refractivity contribution in [3.63, 3.8) is 0 Å². The number of hydrogen-bond donors (Lipinski definition) is 1. The average molecular weight is 465 g/mol. The summed E-state index contributed by atoms with van der Waals surface area (Å²) in [6, 6.07) is 16.8. The van der Waals surface area contributed by atoms with Gasteiger partial charge in [-0.25, -0.2) is 8.42 Å². The fourth-order valence-electron chi connectivity index (χ4n) is 4.26. The van der Waals surface area contributed by atoms with Gasteiger partial charge in [-0.15, -0.1) is 0 Å². The highest BCUT2D eigenvalue weighted by Crippen LogP contribution is 2.30. The molecule has 1 aromatic heterocycles. The molecule has 1 fully saturated rings. The molecule has 3 aromatic carbocycles. The predicted molar refractivity (Wildman–Crippen MR) is 127 cm³/mol. The molecular formula is C25H24N2O5S. The van der Waals surface area contributed by atoms with Crippen molar-refractivity contribution < 1.29 is 22.4 Å². The minimum atomic E-state index is -3.67. The Morgan fingerprint density at radius 1 is 1.06 bits per heavy atom. The molecule has 33 heavy (non-hydrogen) atoms. The number of nitrogens with one attached hydrogen (secondary N) is 1. The van der Waals surface area contributed by atoms with Crippen LogP contribution in [-0.2, 0) is 26.0 Å². The fraction of sp³-hybridized carbons (Fsp3) is 0.240. The Morgan fingerprint density at radius 2 is 1.85 bits per heavy atom. The maximum absolute atomic E-state index is 13.1. The van der Waals surface area contributed by atoms with Crippen LogP contribution in [0.1, 0.15) is 11.1 Å². The van der Waals surface area contributed by atoms with Gasteiger partial charge >= 0.3 is 0 Å². The molecule has 0 unspecified atom stereocenters. The number of rotatable bonds is 5. The zero-order valence-electron chi connectivity index (χ0n) is 18.2. The van der Waals surface area contributed by atoms with Crippen molar-refractivity contribution in [3.8, 4) is 0 Å². The highest BCUT2D eigenvalue weighted by Gasteiger charge is 2.28. The number of sulfonamides is 1. The van der Waals surface area contributed by atoms with Crippen molar-refractivity contribution in [2.45, 2.75) is 18.2 Å². The molecule has 1 N–H and O–H groups in total. The van der Waals surface area contributed by atoms with Crippen LogP contribution >= 0.6 is 0 Å². The maximum Gasteiger partial charge on any atom is 0.243 e. The Balaban J connectivity index is 1.40. The Kier molecular flexibility index (Phi) is 5.65. The van der Waals surface area contributed by atoms with E-state index in [0.717, 1.165) is 27.3 Å². The number of morpholine rings is 1. The van der Waals surface area contributed by atoms with Gasteiger partial charge in [0.1, 0.15) is 5.58 Å². The first kappa shape index (κ1) is 21.6. The molecule has 0 atom stereocenters. The highest BCUT2D eigenvalue weighted by atomic mass is 32.2. The zero-order chi connectivity index (χ0) is 23.0.